The Morgan fingerprint density at radius 1 is 1.07 bits per heavy atom. The predicted molar refractivity (Wildman–Crippen MR) is 105 cm³/mol. The lowest BCUT2D eigenvalue weighted by Crippen LogP contribution is -2.38. The van der Waals surface area contributed by atoms with Gasteiger partial charge in [0.2, 0.25) is 11.7 Å². The highest BCUT2D eigenvalue weighted by atomic mass is 16.2. The normalized spacial score (nSPS) is 22.3. The van der Waals surface area contributed by atoms with Crippen molar-refractivity contribution in [2.24, 2.45) is 5.41 Å². The monoisotopic (exact) mass is 373 g/mol. The number of rotatable bonds is 5. The Bertz CT molecular complexity index is 979. The van der Waals surface area contributed by atoms with Crippen LogP contribution in [-0.2, 0) is 16.8 Å². The second-order valence-corrected chi connectivity index (χ2v) is 8.05. The molecule has 2 saturated carbocycles. The van der Waals surface area contributed by atoms with Gasteiger partial charge in [-0.2, -0.15) is 5.21 Å². The second-order valence-electron chi connectivity index (χ2n) is 8.05. The van der Waals surface area contributed by atoms with Crippen molar-refractivity contribution in [3.05, 3.63) is 65.7 Å². The summed E-state index contributed by atoms with van der Waals surface area (Å²) in [5, 5.41) is 17.4. The highest BCUT2D eigenvalue weighted by Crippen LogP contribution is 2.72. The van der Waals surface area contributed by atoms with Crippen LogP contribution in [0.2, 0.25) is 0 Å². The third-order valence-corrected chi connectivity index (χ3v) is 6.58. The van der Waals surface area contributed by atoms with E-state index >= 15 is 0 Å². The molecule has 1 heterocycles. The summed E-state index contributed by atoms with van der Waals surface area (Å²) < 4.78 is 0. The number of aromatic nitrogens is 4. The largest absolute Gasteiger partial charge is 0.351 e. The molecule has 5 rings (SSSR count). The zero-order valence-electron chi connectivity index (χ0n) is 15.7. The molecular weight excluding hydrogens is 350 g/mol. The minimum absolute atomic E-state index is 0.158. The van der Waals surface area contributed by atoms with Crippen molar-refractivity contribution < 1.29 is 4.79 Å². The molecule has 6 nitrogen and oxygen atoms in total. The first-order chi connectivity index (χ1) is 13.7. The van der Waals surface area contributed by atoms with E-state index in [4.69, 9.17) is 0 Å². The van der Waals surface area contributed by atoms with Crippen molar-refractivity contribution in [1.82, 2.24) is 25.9 Å². The Kier molecular flexibility index (Phi) is 4.00. The minimum Gasteiger partial charge on any atom is -0.351 e. The van der Waals surface area contributed by atoms with Gasteiger partial charge in [0.05, 0.1) is 5.41 Å². The van der Waals surface area contributed by atoms with E-state index in [-0.39, 0.29) is 16.7 Å². The Balaban J connectivity index is 1.37. The minimum atomic E-state index is -0.365. The maximum Gasteiger partial charge on any atom is 0.231 e. The third kappa shape index (κ3) is 2.63. The number of aromatic amines is 1. The summed E-state index contributed by atoms with van der Waals surface area (Å²) in [7, 11) is 0. The number of nitrogens with one attached hydrogen (secondary N) is 2. The van der Waals surface area contributed by atoms with Gasteiger partial charge in [-0.3, -0.25) is 4.79 Å². The zero-order chi connectivity index (χ0) is 19.0. The molecule has 2 aromatic carbocycles. The standard InChI is InChI=1S/C22H23N5O/c28-20(23-14-16-7-6-8-17(13-16)19-24-26-27-25-19)22(18-9-2-1-3-10-18)15-21(22)11-4-5-12-21/h1-3,6-10,13H,4-5,11-12,14-15H2,(H,23,28)(H,24,25,26,27)/t22-/m0/s1. The van der Waals surface area contributed by atoms with Crippen LogP contribution in [0.5, 0.6) is 0 Å². The number of benzene rings is 2. The molecule has 1 amide bonds. The number of hydrogen-bond acceptors (Lipinski definition) is 4. The zero-order valence-corrected chi connectivity index (χ0v) is 15.7. The molecule has 0 unspecified atom stereocenters. The van der Waals surface area contributed by atoms with E-state index in [1.165, 1.54) is 12.8 Å². The van der Waals surface area contributed by atoms with Crippen molar-refractivity contribution >= 4 is 5.91 Å². The van der Waals surface area contributed by atoms with Gasteiger partial charge in [-0.1, -0.05) is 61.4 Å². The smallest absolute Gasteiger partial charge is 0.231 e. The average molecular weight is 373 g/mol. The number of hydrogen-bond donors (Lipinski definition) is 2. The fourth-order valence-electron chi connectivity index (χ4n) is 5.14. The van der Waals surface area contributed by atoms with E-state index in [9.17, 15) is 4.79 Å². The molecule has 2 N–H and O–H groups in total. The van der Waals surface area contributed by atoms with E-state index < -0.39 is 0 Å². The summed E-state index contributed by atoms with van der Waals surface area (Å²) in [6.07, 6.45) is 5.74. The maximum atomic E-state index is 13.4. The van der Waals surface area contributed by atoms with Crippen LogP contribution in [0.1, 0.15) is 43.2 Å². The molecule has 6 heteroatoms. The molecule has 0 bridgehead atoms. The summed E-state index contributed by atoms with van der Waals surface area (Å²) in [6.45, 7) is 0.495. The van der Waals surface area contributed by atoms with Gasteiger partial charge in [0, 0.05) is 12.1 Å². The van der Waals surface area contributed by atoms with Gasteiger partial charge in [0.25, 0.3) is 0 Å². The number of amides is 1. The molecule has 0 radical (unpaired) electrons. The van der Waals surface area contributed by atoms with E-state index in [0.717, 1.165) is 36.0 Å². The van der Waals surface area contributed by atoms with E-state index in [1.54, 1.807) is 0 Å². The second kappa shape index (κ2) is 6.55. The van der Waals surface area contributed by atoms with Crippen molar-refractivity contribution in [3.8, 4) is 11.4 Å². The van der Waals surface area contributed by atoms with E-state index in [0.29, 0.717) is 12.4 Å². The Hall–Kier alpha value is -3.02. The average Bonchev–Trinajstić information content (AvgIpc) is 3.12. The van der Waals surface area contributed by atoms with Gasteiger partial charge in [-0.25, -0.2) is 0 Å². The van der Waals surface area contributed by atoms with Crippen molar-refractivity contribution in [3.63, 3.8) is 0 Å². The molecule has 1 atom stereocenters. The van der Waals surface area contributed by atoms with E-state index in [1.807, 2.05) is 42.5 Å². The van der Waals surface area contributed by atoms with Crippen LogP contribution in [0.4, 0.5) is 0 Å². The first-order valence-electron chi connectivity index (χ1n) is 9.90. The molecule has 1 spiro atoms. The summed E-state index contributed by atoms with van der Waals surface area (Å²) in [4.78, 5) is 13.4. The SMILES string of the molecule is O=C(NCc1cccc(-c2nn[nH]n2)c1)[C@@]1(c2ccccc2)CC12CCCC2. The molecular formula is C22H23N5O. The lowest BCUT2D eigenvalue weighted by atomic mass is 9.84. The van der Waals surface area contributed by atoms with Crippen LogP contribution in [0.3, 0.4) is 0 Å². The van der Waals surface area contributed by atoms with Crippen LogP contribution >= 0.6 is 0 Å². The number of tetrazole rings is 1. The first kappa shape index (κ1) is 17.1. The van der Waals surface area contributed by atoms with Crippen LogP contribution in [-0.4, -0.2) is 26.5 Å². The van der Waals surface area contributed by atoms with Gasteiger partial charge >= 0.3 is 0 Å². The molecule has 1 aromatic heterocycles. The molecule has 0 aliphatic heterocycles. The number of carbonyl (C=O) groups excluding carboxylic acids is 1. The predicted octanol–water partition coefficient (Wildman–Crippen LogP) is 3.39. The van der Waals surface area contributed by atoms with Crippen LogP contribution in [0, 0.1) is 5.41 Å². The summed E-state index contributed by atoms with van der Waals surface area (Å²) >= 11 is 0. The summed E-state index contributed by atoms with van der Waals surface area (Å²) in [6, 6.07) is 18.2. The highest BCUT2D eigenvalue weighted by Gasteiger charge is 2.72. The first-order valence-corrected chi connectivity index (χ1v) is 9.90. The highest BCUT2D eigenvalue weighted by molar-refractivity contribution is 5.93. The molecule has 2 aliphatic rings. The van der Waals surface area contributed by atoms with Crippen LogP contribution in [0.15, 0.2) is 54.6 Å². The fraction of sp³-hybridized carbons (Fsp3) is 0.364. The number of H-pyrrole nitrogens is 1. The summed E-state index contributed by atoms with van der Waals surface area (Å²) in [5.74, 6) is 0.714. The lowest BCUT2D eigenvalue weighted by Gasteiger charge is -2.23. The molecule has 2 fully saturated rings. The van der Waals surface area contributed by atoms with E-state index in [2.05, 4.69) is 38.1 Å². The maximum absolute atomic E-state index is 13.4. The molecule has 0 saturated heterocycles. The number of nitrogens with zero attached hydrogens (tertiary/aromatic N) is 3. The molecule has 142 valence electrons. The topological polar surface area (TPSA) is 83.6 Å². The molecule has 3 aromatic rings. The Labute approximate surface area is 163 Å². The van der Waals surface area contributed by atoms with Crippen LogP contribution < -0.4 is 5.32 Å². The fourth-order valence-corrected chi connectivity index (χ4v) is 5.14. The van der Waals surface area contributed by atoms with Crippen molar-refractivity contribution in [1.29, 1.82) is 0 Å². The number of carbonyl (C=O) groups is 1. The van der Waals surface area contributed by atoms with Crippen LogP contribution in [0.25, 0.3) is 11.4 Å². The van der Waals surface area contributed by atoms with Crippen molar-refractivity contribution in [2.45, 2.75) is 44.1 Å². The van der Waals surface area contributed by atoms with Gasteiger partial charge in [-0.15, -0.1) is 10.2 Å². The Morgan fingerprint density at radius 3 is 2.64 bits per heavy atom. The molecule has 28 heavy (non-hydrogen) atoms. The van der Waals surface area contributed by atoms with Crippen molar-refractivity contribution in [2.75, 3.05) is 0 Å². The Morgan fingerprint density at radius 2 is 1.89 bits per heavy atom. The third-order valence-electron chi connectivity index (χ3n) is 6.58. The van der Waals surface area contributed by atoms with Gasteiger partial charge in [0.1, 0.15) is 0 Å². The quantitative estimate of drug-likeness (QED) is 0.718. The van der Waals surface area contributed by atoms with Gasteiger partial charge < -0.3 is 5.32 Å². The lowest BCUT2D eigenvalue weighted by molar-refractivity contribution is -0.124. The summed E-state index contributed by atoms with van der Waals surface area (Å²) in [5.41, 5.74) is 2.87. The van der Waals surface area contributed by atoms with Gasteiger partial charge in [0.15, 0.2) is 0 Å². The molecule has 2 aliphatic carbocycles. The van der Waals surface area contributed by atoms with Gasteiger partial charge in [-0.05, 0) is 47.1 Å².